The van der Waals surface area contributed by atoms with E-state index < -0.39 is 6.10 Å². The Labute approximate surface area is 118 Å². The van der Waals surface area contributed by atoms with Gasteiger partial charge in [0.2, 0.25) is 0 Å². The predicted octanol–water partition coefficient (Wildman–Crippen LogP) is 4.43. The summed E-state index contributed by atoms with van der Waals surface area (Å²) in [5.74, 6) is 0. The van der Waals surface area contributed by atoms with E-state index >= 15 is 0 Å². The smallest absolute Gasteiger partial charge is 0.0975 e. The molecule has 0 saturated heterocycles. The van der Waals surface area contributed by atoms with Crippen molar-refractivity contribution in [2.45, 2.75) is 6.10 Å². The molecule has 0 spiro atoms. The van der Waals surface area contributed by atoms with Crippen LogP contribution in [0.4, 0.5) is 0 Å². The molecule has 0 radical (unpaired) electrons. The molecule has 1 N–H and O–H groups in total. The van der Waals surface area contributed by atoms with Gasteiger partial charge in [-0.25, -0.2) is 0 Å². The van der Waals surface area contributed by atoms with Crippen LogP contribution < -0.4 is 0 Å². The van der Waals surface area contributed by atoms with E-state index in [2.05, 4.69) is 6.58 Å². The monoisotopic (exact) mass is 270 g/mol. The van der Waals surface area contributed by atoms with Gasteiger partial charge >= 0.3 is 0 Å². The van der Waals surface area contributed by atoms with Crippen molar-refractivity contribution in [2.75, 3.05) is 0 Å². The Morgan fingerprint density at radius 2 is 1.68 bits per heavy atom. The molecule has 0 aliphatic rings. The lowest BCUT2D eigenvalue weighted by Gasteiger charge is -2.12. The lowest BCUT2D eigenvalue weighted by Crippen LogP contribution is -2.05. The van der Waals surface area contributed by atoms with Gasteiger partial charge in [0.05, 0.1) is 6.10 Å². The van der Waals surface area contributed by atoms with Crippen LogP contribution in [0.15, 0.2) is 67.3 Å². The number of rotatable bonds is 4. The summed E-state index contributed by atoms with van der Waals surface area (Å²) in [6.45, 7) is 3.65. The fourth-order valence-electron chi connectivity index (χ4n) is 1.84. The molecule has 0 aromatic heterocycles. The summed E-state index contributed by atoms with van der Waals surface area (Å²) in [4.78, 5) is 0. The molecule has 96 valence electrons. The Morgan fingerprint density at radius 3 is 2.26 bits per heavy atom. The van der Waals surface area contributed by atoms with Gasteiger partial charge in [-0.1, -0.05) is 60.1 Å². The maximum Gasteiger partial charge on any atom is 0.0975 e. The molecule has 1 unspecified atom stereocenters. The Morgan fingerprint density at radius 1 is 1.05 bits per heavy atom. The van der Waals surface area contributed by atoms with Gasteiger partial charge in [-0.15, -0.1) is 6.58 Å². The first-order chi connectivity index (χ1) is 9.20. The zero-order chi connectivity index (χ0) is 13.7. The van der Waals surface area contributed by atoms with E-state index in [4.69, 9.17) is 11.6 Å². The molecule has 0 fully saturated rings. The van der Waals surface area contributed by atoms with Crippen LogP contribution in [0.1, 0.15) is 11.1 Å². The van der Waals surface area contributed by atoms with Gasteiger partial charge in [0.25, 0.3) is 0 Å². The third-order valence-corrected chi connectivity index (χ3v) is 3.09. The maximum atomic E-state index is 10.1. The second-order valence-corrected chi connectivity index (χ2v) is 4.63. The molecule has 2 heteroatoms. The zero-order valence-electron chi connectivity index (χ0n) is 10.5. The molecular formula is C17H15ClO. The first-order valence-electron chi connectivity index (χ1n) is 6.04. The van der Waals surface area contributed by atoms with Crippen LogP contribution in [-0.4, -0.2) is 11.2 Å². The summed E-state index contributed by atoms with van der Waals surface area (Å²) in [5.41, 5.74) is 2.78. The van der Waals surface area contributed by atoms with Crippen LogP contribution in [0, 0.1) is 0 Å². The number of hydrogen-bond donors (Lipinski definition) is 1. The second kappa shape index (κ2) is 6.37. The fourth-order valence-corrected chi connectivity index (χ4v) is 1.96. The molecule has 0 aliphatic carbocycles. The number of aliphatic hydroxyl groups is 1. The summed E-state index contributed by atoms with van der Waals surface area (Å²) >= 11 is 5.87. The minimum Gasteiger partial charge on any atom is -0.384 e. The Kier molecular flexibility index (Phi) is 4.56. The van der Waals surface area contributed by atoms with Crippen molar-refractivity contribution in [1.29, 1.82) is 0 Å². The van der Waals surface area contributed by atoms with Crippen molar-refractivity contribution in [2.24, 2.45) is 0 Å². The summed E-state index contributed by atoms with van der Waals surface area (Å²) in [6, 6.07) is 17.3. The van der Waals surface area contributed by atoms with Crippen molar-refractivity contribution in [3.8, 4) is 0 Å². The maximum absolute atomic E-state index is 10.1. The molecule has 1 atom stereocenters. The quantitative estimate of drug-likeness (QED) is 0.644. The largest absolute Gasteiger partial charge is 0.384 e. The molecule has 0 aliphatic heterocycles. The lowest BCUT2D eigenvalue weighted by atomic mass is 9.98. The first kappa shape index (κ1) is 13.6. The van der Waals surface area contributed by atoms with Crippen molar-refractivity contribution >= 4 is 23.3 Å². The van der Waals surface area contributed by atoms with Crippen molar-refractivity contribution in [3.63, 3.8) is 0 Å². The van der Waals surface area contributed by atoms with Gasteiger partial charge in [-0.3, -0.25) is 0 Å². The molecule has 0 amide bonds. The number of hydrogen-bond acceptors (Lipinski definition) is 1. The molecule has 2 rings (SSSR count). The van der Waals surface area contributed by atoms with Gasteiger partial charge in [-0.05, 0) is 34.9 Å². The molecule has 0 saturated carbocycles. The van der Waals surface area contributed by atoms with Gasteiger partial charge in [-0.2, -0.15) is 0 Å². The van der Waals surface area contributed by atoms with E-state index in [1.54, 1.807) is 0 Å². The van der Waals surface area contributed by atoms with Gasteiger partial charge in [0, 0.05) is 5.02 Å². The summed E-state index contributed by atoms with van der Waals surface area (Å²) in [7, 11) is 0. The van der Waals surface area contributed by atoms with Gasteiger partial charge in [0.1, 0.15) is 0 Å². The number of halogens is 1. The minimum absolute atomic E-state index is 0.696. The van der Waals surface area contributed by atoms with Crippen molar-refractivity contribution < 1.29 is 5.11 Å². The van der Waals surface area contributed by atoms with Crippen molar-refractivity contribution in [3.05, 3.63) is 83.4 Å². The SMILES string of the molecule is C=CC(O)/C(=C/c1ccc(Cl)cc1)c1ccccc1. The Bertz CT molecular complexity index is 570. The Hall–Kier alpha value is -1.83. The molecule has 0 bridgehead atoms. The van der Waals surface area contributed by atoms with E-state index in [0.717, 1.165) is 16.7 Å². The molecule has 1 nitrogen and oxygen atoms in total. The fraction of sp³-hybridized carbons (Fsp3) is 0.0588. The number of aliphatic hydroxyl groups excluding tert-OH is 1. The van der Waals surface area contributed by atoms with Crippen LogP contribution in [0.2, 0.25) is 5.02 Å². The van der Waals surface area contributed by atoms with Crippen LogP contribution in [0.3, 0.4) is 0 Å². The van der Waals surface area contributed by atoms with E-state index in [1.807, 2.05) is 60.7 Å². The third-order valence-electron chi connectivity index (χ3n) is 2.84. The van der Waals surface area contributed by atoms with Gasteiger partial charge < -0.3 is 5.11 Å². The standard InChI is InChI=1S/C17H15ClO/c1-2-17(19)16(14-6-4-3-5-7-14)12-13-8-10-15(18)11-9-13/h2-12,17,19H,1H2/b16-12+. The highest BCUT2D eigenvalue weighted by molar-refractivity contribution is 6.30. The molecular weight excluding hydrogens is 256 g/mol. The van der Waals surface area contributed by atoms with E-state index in [0.29, 0.717) is 5.02 Å². The van der Waals surface area contributed by atoms with Crippen LogP contribution in [0.25, 0.3) is 11.6 Å². The first-order valence-corrected chi connectivity index (χ1v) is 6.41. The third kappa shape index (κ3) is 3.57. The van der Waals surface area contributed by atoms with Crippen molar-refractivity contribution in [1.82, 2.24) is 0 Å². The average Bonchev–Trinajstić information content (AvgIpc) is 2.47. The normalized spacial score (nSPS) is 13.1. The molecule has 2 aromatic rings. The molecule has 0 heterocycles. The molecule has 19 heavy (non-hydrogen) atoms. The highest BCUT2D eigenvalue weighted by atomic mass is 35.5. The number of benzene rings is 2. The van der Waals surface area contributed by atoms with E-state index in [1.165, 1.54) is 6.08 Å². The highest BCUT2D eigenvalue weighted by Gasteiger charge is 2.09. The average molecular weight is 271 g/mol. The van der Waals surface area contributed by atoms with Crippen LogP contribution >= 0.6 is 11.6 Å². The topological polar surface area (TPSA) is 20.2 Å². The van der Waals surface area contributed by atoms with Crippen LogP contribution in [-0.2, 0) is 0 Å². The minimum atomic E-state index is -0.696. The van der Waals surface area contributed by atoms with E-state index in [9.17, 15) is 5.11 Å². The van der Waals surface area contributed by atoms with Gasteiger partial charge in [0.15, 0.2) is 0 Å². The summed E-state index contributed by atoms with van der Waals surface area (Å²) in [6.07, 6.45) is 2.77. The van der Waals surface area contributed by atoms with Crippen LogP contribution in [0.5, 0.6) is 0 Å². The zero-order valence-corrected chi connectivity index (χ0v) is 11.2. The predicted molar refractivity (Wildman–Crippen MR) is 82.0 cm³/mol. The second-order valence-electron chi connectivity index (χ2n) is 4.20. The lowest BCUT2D eigenvalue weighted by molar-refractivity contribution is 0.281. The summed E-state index contributed by atoms with van der Waals surface area (Å²) in [5, 5.41) is 10.8. The Balaban J connectivity index is 2.43. The summed E-state index contributed by atoms with van der Waals surface area (Å²) < 4.78 is 0. The van der Waals surface area contributed by atoms with E-state index in [-0.39, 0.29) is 0 Å². The highest BCUT2D eigenvalue weighted by Crippen LogP contribution is 2.23. The molecule has 2 aromatic carbocycles.